The summed E-state index contributed by atoms with van der Waals surface area (Å²) in [7, 11) is 0. The van der Waals surface area contributed by atoms with Crippen LogP contribution in [0.25, 0.3) is 0 Å². The number of benzene rings is 1. The van der Waals surface area contributed by atoms with Gasteiger partial charge in [-0.1, -0.05) is 44.0 Å². The number of hydrogen-bond acceptors (Lipinski definition) is 4. The Labute approximate surface area is 156 Å². The monoisotopic (exact) mass is 387 g/mol. The molecule has 0 bridgehead atoms. The van der Waals surface area contributed by atoms with Crippen molar-refractivity contribution in [1.29, 1.82) is 0 Å². The SMILES string of the molecule is CCCCCc1ccc(C(=O)CCC(=O)OCC(=O)NCC(F)(F)F)cc1. The molecule has 0 aliphatic heterocycles. The molecule has 150 valence electrons. The van der Waals surface area contributed by atoms with Crippen molar-refractivity contribution in [3.05, 3.63) is 35.4 Å². The van der Waals surface area contributed by atoms with Crippen LogP contribution in [0.2, 0.25) is 0 Å². The number of hydrogen-bond donors (Lipinski definition) is 1. The van der Waals surface area contributed by atoms with Gasteiger partial charge in [0, 0.05) is 12.0 Å². The van der Waals surface area contributed by atoms with Crippen LogP contribution >= 0.6 is 0 Å². The molecule has 1 amide bonds. The first-order chi connectivity index (χ1) is 12.7. The quantitative estimate of drug-likeness (QED) is 0.358. The van der Waals surface area contributed by atoms with E-state index in [0.29, 0.717) is 5.56 Å². The van der Waals surface area contributed by atoms with Gasteiger partial charge in [0.15, 0.2) is 12.4 Å². The van der Waals surface area contributed by atoms with Crippen molar-refractivity contribution in [3.8, 4) is 0 Å². The van der Waals surface area contributed by atoms with Gasteiger partial charge in [-0.3, -0.25) is 14.4 Å². The molecular weight excluding hydrogens is 363 g/mol. The zero-order valence-electron chi connectivity index (χ0n) is 15.2. The fourth-order valence-corrected chi connectivity index (χ4v) is 2.26. The molecule has 0 spiro atoms. The number of carbonyl (C=O) groups excluding carboxylic acids is 3. The molecule has 5 nitrogen and oxygen atoms in total. The molecule has 1 rings (SSSR count). The van der Waals surface area contributed by atoms with Crippen molar-refractivity contribution in [2.75, 3.05) is 13.2 Å². The minimum Gasteiger partial charge on any atom is -0.456 e. The Bertz CT molecular complexity index is 627. The Kier molecular flexibility index (Phi) is 9.53. The molecule has 0 aliphatic carbocycles. The van der Waals surface area contributed by atoms with Crippen molar-refractivity contribution in [1.82, 2.24) is 5.32 Å². The third-order valence-electron chi connectivity index (χ3n) is 3.75. The Balaban J connectivity index is 2.30. The lowest BCUT2D eigenvalue weighted by atomic mass is 10.0. The van der Waals surface area contributed by atoms with E-state index >= 15 is 0 Å². The summed E-state index contributed by atoms with van der Waals surface area (Å²) in [5, 5.41) is 1.58. The number of halogens is 3. The minimum absolute atomic E-state index is 0.0990. The number of ketones is 1. The van der Waals surface area contributed by atoms with Crippen LogP contribution in [0, 0.1) is 0 Å². The van der Waals surface area contributed by atoms with E-state index < -0.39 is 31.2 Å². The summed E-state index contributed by atoms with van der Waals surface area (Å²) >= 11 is 0. The predicted molar refractivity (Wildman–Crippen MR) is 93.3 cm³/mol. The van der Waals surface area contributed by atoms with E-state index in [9.17, 15) is 27.6 Å². The van der Waals surface area contributed by atoms with Crippen LogP contribution in [0.5, 0.6) is 0 Å². The second-order valence-corrected chi connectivity index (χ2v) is 6.13. The van der Waals surface area contributed by atoms with Gasteiger partial charge in [-0.2, -0.15) is 13.2 Å². The second kappa shape index (κ2) is 11.4. The van der Waals surface area contributed by atoms with E-state index in [4.69, 9.17) is 0 Å². The van der Waals surface area contributed by atoms with E-state index in [-0.39, 0.29) is 18.6 Å². The van der Waals surface area contributed by atoms with E-state index in [1.54, 1.807) is 17.4 Å². The molecule has 0 aliphatic rings. The molecule has 1 N–H and O–H groups in total. The van der Waals surface area contributed by atoms with Crippen molar-refractivity contribution in [3.63, 3.8) is 0 Å². The molecule has 0 fully saturated rings. The maximum absolute atomic E-state index is 12.1. The Morgan fingerprint density at radius 2 is 1.70 bits per heavy atom. The topological polar surface area (TPSA) is 72.5 Å². The average molecular weight is 387 g/mol. The summed E-state index contributed by atoms with van der Waals surface area (Å²) in [6.45, 7) is -0.173. The number of unbranched alkanes of at least 4 members (excludes halogenated alkanes) is 2. The summed E-state index contributed by atoms with van der Waals surface area (Å²) in [4.78, 5) is 34.7. The smallest absolute Gasteiger partial charge is 0.405 e. The molecule has 0 aromatic heterocycles. The van der Waals surface area contributed by atoms with E-state index in [2.05, 4.69) is 11.7 Å². The fraction of sp³-hybridized carbons (Fsp3) is 0.526. The summed E-state index contributed by atoms with van der Waals surface area (Å²) in [6, 6.07) is 7.18. The number of carbonyl (C=O) groups is 3. The third kappa shape index (κ3) is 10.4. The third-order valence-corrected chi connectivity index (χ3v) is 3.75. The van der Waals surface area contributed by atoms with Crippen LogP contribution in [0.15, 0.2) is 24.3 Å². The molecular formula is C19H24F3NO4. The number of aryl methyl sites for hydroxylation is 1. The number of rotatable bonds is 11. The van der Waals surface area contributed by atoms with Gasteiger partial charge in [-0.25, -0.2) is 0 Å². The maximum atomic E-state index is 12.1. The van der Waals surface area contributed by atoms with Gasteiger partial charge in [-0.05, 0) is 18.4 Å². The number of Topliss-reactive ketones (excluding diaryl/α,β-unsaturated/α-hetero) is 1. The summed E-state index contributed by atoms with van der Waals surface area (Å²) < 4.78 is 40.3. The van der Waals surface area contributed by atoms with Gasteiger partial charge < -0.3 is 10.1 Å². The lowest BCUT2D eigenvalue weighted by Gasteiger charge is -2.08. The van der Waals surface area contributed by atoms with Gasteiger partial charge in [0.2, 0.25) is 0 Å². The van der Waals surface area contributed by atoms with Gasteiger partial charge in [0.25, 0.3) is 5.91 Å². The molecule has 0 heterocycles. The lowest BCUT2D eigenvalue weighted by molar-refractivity contribution is -0.151. The Hall–Kier alpha value is -2.38. The van der Waals surface area contributed by atoms with Gasteiger partial charge in [-0.15, -0.1) is 0 Å². The van der Waals surface area contributed by atoms with E-state index in [0.717, 1.165) is 31.2 Å². The largest absolute Gasteiger partial charge is 0.456 e. The summed E-state index contributed by atoms with van der Waals surface area (Å²) in [5.74, 6) is -2.11. The lowest BCUT2D eigenvalue weighted by Crippen LogP contribution is -2.36. The highest BCUT2D eigenvalue weighted by atomic mass is 19.4. The Morgan fingerprint density at radius 1 is 1.04 bits per heavy atom. The molecule has 0 saturated heterocycles. The highest BCUT2D eigenvalue weighted by molar-refractivity contribution is 5.97. The standard InChI is InChI=1S/C19H24F3NO4/c1-2-3-4-5-14-6-8-15(9-7-14)16(24)10-11-18(26)27-12-17(25)23-13-19(20,21)22/h6-9H,2-5,10-13H2,1H3,(H,23,25). The molecule has 0 saturated carbocycles. The average Bonchev–Trinajstić information content (AvgIpc) is 2.63. The van der Waals surface area contributed by atoms with Crippen LogP contribution in [-0.2, 0) is 20.7 Å². The van der Waals surface area contributed by atoms with Crippen LogP contribution in [0.1, 0.15) is 54.9 Å². The summed E-state index contributed by atoms with van der Waals surface area (Å²) in [6.07, 6.45) is -0.551. The summed E-state index contributed by atoms with van der Waals surface area (Å²) in [5.41, 5.74) is 1.62. The number of ether oxygens (including phenoxy) is 1. The molecule has 8 heteroatoms. The van der Waals surface area contributed by atoms with Crippen LogP contribution in [0.4, 0.5) is 13.2 Å². The van der Waals surface area contributed by atoms with Crippen molar-refractivity contribution in [2.45, 2.75) is 51.6 Å². The van der Waals surface area contributed by atoms with Crippen molar-refractivity contribution in [2.24, 2.45) is 0 Å². The number of alkyl halides is 3. The predicted octanol–water partition coefficient (Wildman–Crippen LogP) is 3.60. The van der Waals surface area contributed by atoms with Gasteiger partial charge in [0.1, 0.15) is 6.54 Å². The van der Waals surface area contributed by atoms with Crippen molar-refractivity contribution < 1.29 is 32.3 Å². The molecule has 27 heavy (non-hydrogen) atoms. The van der Waals surface area contributed by atoms with Crippen molar-refractivity contribution >= 4 is 17.7 Å². The molecule has 1 aromatic carbocycles. The first-order valence-electron chi connectivity index (χ1n) is 8.82. The zero-order valence-corrected chi connectivity index (χ0v) is 15.2. The van der Waals surface area contributed by atoms with E-state index in [1.165, 1.54) is 0 Å². The Morgan fingerprint density at radius 3 is 2.30 bits per heavy atom. The van der Waals surface area contributed by atoms with Crippen LogP contribution in [0.3, 0.4) is 0 Å². The number of nitrogens with one attached hydrogen (secondary N) is 1. The molecule has 0 unspecified atom stereocenters. The number of esters is 1. The highest BCUT2D eigenvalue weighted by Gasteiger charge is 2.27. The van der Waals surface area contributed by atoms with Crippen LogP contribution < -0.4 is 5.32 Å². The van der Waals surface area contributed by atoms with Crippen LogP contribution in [-0.4, -0.2) is 37.0 Å². The maximum Gasteiger partial charge on any atom is 0.405 e. The second-order valence-electron chi connectivity index (χ2n) is 6.13. The first-order valence-corrected chi connectivity index (χ1v) is 8.82. The van der Waals surface area contributed by atoms with E-state index in [1.807, 2.05) is 12.1 Å². The highest BCUT2D eigenvalue weighted by Crippen LogP contribution is 2.13. The molecule has 1 aromatic rings. The normalized spacial score (nSPS) is 11.1. The van der Waals surface area contributed by atoms with Gasteiger partial charge in [0.05, 0.1) is 6.42 Å². The molecule has 0 atom stereocenters. The fourth-order valence-electron chi connectivity index (χ4n) is 2.26. The zero-order chi connectivity index (χ0) is 20.3. The van der Waals surface area contributed by atoms with Gasteiger partial charge >= 0.3 is 12.1 Å². The first kappa shape index (κ1) is 22.7. The molecule has 0 radical (unpaired) electrons. The minimum atomic E-state index is -4.53. The number of amides is 1.